The van der Waals surface area contributed by atoms with Crippen molar-refractivity contribution in [3.8, 4) is 0 Å². The van der Waals surface area contributed by atoms with Crippen molar-refractivity contribution in [1.29, 1.82) is 0 Å². The third-order valence-electron chi connectivity index (χ3n) is 5.53. The van der Waals surface area contributed by atoms with Gasteiger partial charge in [-0.05, 0) is 47.5 Å². The van der Waals surface area contributed by atoms with E-state index in [-0.39, 0.29) is 36.1 Å². The summed E-state index contributed by atoms with van der Waals surface area (Å²) < 4.78 is 15.0. The van der Waals surface area contributed by atoms with E-state index in [1.165, 1.54) is 0 Å². The molecule has 2 aliphatic rings. The Hall–Kier alpha value is -2.45. The summed E-state index contributed by atoms with van der Waals surface area (Å²) >= 11 is 0. The lowest BCUT2D eigenvalue weighted by Gasteiger charge is -2.26. The number of amides is 2. The predicted molar refractivity (Wildman–Crippen MR) is 120 cm³/mol. The van der Waals surface area contributed by atoms with Crippen LogP contribution in [0.5, 0.6) is 0 Å². The molecule has 2 amide bonds. The van der Waals surface area contributed by atoms with Crippen LogP contribution in [0.15, 0.2) is 0 Å². The summed E-state index contributed by atoms with van der Waals surface area (Å²) in [4.78, 5) is 60.0. The van der Waals surface area contributed by atoms with E-state index in [0.717, 1.165) is 4.90 Å². The molecular formula is C24H39NO8. The average molecular weight is 470 g/mol. The van der Waals surface area contributed by atoms with Gasteiger partial charge < -0.3 is 14.2 Å². The van der Waals surface area contributed by atoms with Crippen molar-refractivity contribution in [3.63, 3.8) is 0 Å². The molecule has 2 rings (SSSR count). The van der Waals surface area contributed by atoms with Crippen LogP contribution in [0.3, 0.4) is 0 Å². The van der Waals surface area contributed by atoms with Gasteiger partial charge in [-0.3, -0.25) is 14.4 Å². The third kappa shape index (κ3) is 7.54. The summed E-state index contributed by atoms with van der Waals surface area (Å²) in [5.74, 6) is -1.24. The Balaban J connectivity index is 0.000000361. The van der Waals surface area contributed by atoms with Gasteiger partial charge in [-0.15, -0.1) is 0 Å². The lowest BCUT2D eigenvalue weighted by atomic mass is 9.90. The number of carbonyl (C=O) groups excluding carboxylic acids is 5. The van der Waals surface area contributed by atoms with Crippen molar-refractivity contribution in [3.05, 3.63) is 0 Å². The first-order valence-corrected chi connectivity index (χ1v) is 11.4. The van der Waals surface area contributed by atoms with Gasteiger partial charge in [-0.1, -0.05) is 27.7 Å². The van der Waals surface area contributed by atoms with Crippen molar-refractivity contribution in [2.75, 3.05) is 13.2 Å². The van der Waals surface area contributed by atoms with E-state index in [2.05, 4.69) is 0 Å². The lowest BCUT2D eigenvalue weighted by molar-refractivity contribution is -0.151. The van der Waals surface area contributed by atoms with Crippen LogP contribution in [0.4, 0.5) is 4.79 Å². The molecular weight excluding hydrogens is 430 g/mol. The fourth-order valence-electron chi connectivity index (χ4n) is 3.81. The number of nitrogens with zero attached hydrogens (tertiary/aromatic N) is 1. The monoisotopic (exact) mass is 469 g/mol. The zero-order chi connectivity index (χ0) is 25.8. The Morgan fingerprint density at radius 3 is 1.85 bits per heavy atom. The SMILES string of the molecule is CCOC(=O)[C@@H]1CC(C)(C)C(=O)N1C(=O)OC(C)(C)C.CCOC(=O)[C@H]1CC(=O)C(C)(C)C1. The summed E-state index contributed by atoms with van der Waals surface area (Å²) in [6.07, 6.45) is 0.423. The summed E-state index contributed by atoms with van der Waals surface area (Å²) in [7, 11) is 0. The average Bonchev–Trinajstić information content (AvgIpc) is 3.06. The maximum atomic E-state index is 12.3. The Kier molecular flexibility index (Phi) is 9.23. The molecule has 188 valence electrons. The van der Waals surface area contributed by atoms with Crippen molar-refractivity contribution < 1.29 is 38.2 Å². The molecule has 1 aliphatic carbocycles. The van der Waals surface area contributed by atoms with Crippen molar-refractivity contribution in [1.82, 2.24) is 4.90 Å². The molecule has 0 radical (unpaired) electrons. The van der Waals surface area contributed by atoms with E-state index in [1.807, 2.05) is 13.8 Å². The van der Waals surface area contributed by atoms with Gasteiger partial charge in [-0.25, -0.2) is 14.5 Å². The zero-order valence-electron chi connectivity index (χ0n) is 21.4. The van der Waals surface area contributed by atoms with Crippen LogP contribution >= 0.6 is 0 Å². The molecule has 0 unspecified atom stereocenters. The van der Waals surface area contributed by atoms with Crippen molar-refractivity contribution in [2.45, 2.75) is 93.2 Å². The summed E-state index contributed by atoms with van der Waals surface area (Å²) in [5.41, 5.74) is -1.85. The number of imide groups is 1. The Morgan fingerprint density at radius 2 is 1.42 bits per heavy atom. The number of ether oxygens (including phenoxy) is 3. The highest BCUT2D eigenvalue weighted by Gasteiger charge is 2.53. The first-order valence-electron chi connectivity index (χ1n) is 11.4. The van der Waals surface area contributed by atoms with Crippen LogP contribution in [0.2, 0.25) is 0 Å². The van der Waals surface area contributed by atoms with Gasteiger partial charge in [0.1, 0.15) is 17.4 Å². The Morgan fingerprint density at radius 1 is 0.909 bits per heavy atom. The highest BCUT2D eigenvalue weighted by Crippen LogP contribution is 2.38. The van der Waals surface area contributed by atoms with Crippen LogP contribution in [0.1, 0.15) is 81.6 Å². The Labute approximate surface area is 196 Å². The minimum atomic E-state index is -0.910. The van der Waals surface area contributed by atoms with Crippen LogP contribution in [0.25, 0.3) is 0 Å². The first-order chi connectivity index (χ1) is 15.0. The maximum absolute atomic E-state index is 12.3. The topological polar surface area (TPSA) is 116 Å². The lowest BCUT2D eigenvalue weighted by Crippen LogP contribution is -2.46. The standard InChI is InChI=1S/C14H23NO5.C10H16O3/c1-7-19-10(16)9-8-14(5,6)11(17)15(9)12(18)20-13(2,3)4;1-4-13-9(12)7-5-8(11)10(2,3)6-7/h9H,7-8H2,1-6H3;7H,4-6H2,1-3H3/t9-;7-/m00/s1. The van der Waals surface area contributed by atoms with Gasteiger partial charge in [0.15, 0.2) is 0 Å². The number of esters is 2. The summed E-state index contributed by atoms with van der Waals surface area (Å²) in [6, 6.07) is -0.910. The number of Topliss-reactive ketones (excluding diaryl/α,β-unsaturated/α-hetero) is 1. The minimum absolute atomic E-state index is 0.172. The van der Waals surface area contributed by atoms with Crippen LogP contribution < -0.4 is 0 Å². The molecule has 0 bridgehead atoms. The quantitative estimate of drug-likeness (QED) is 0.452. The van der Waals surface area contributed by atoms with Gasteiger partial charge in [-0.2, -0.15) is 0 Å². The molecule has 1 saturated heterocycles. The van der Waals surface area contributed by atoms with Crippen LogP contribution in [-0.2, 0) is 33.4 Å². The number of ketones is 1. The fraction of sp³-hybridized carbons (Fsp3) is 0.792. The van der Waals surface area contributed by atoms with E-state index >= 15 is 0 Å². The van der Waals surface area contributed by atoms with Gasteiger partial charge in [0, 0.05) is 17.3 Å². The minimum Gasteiger partial charge on any atom is -0.466 e. The van der Waals surface area contributed by atoms with Crippen LogP contribution in [0, 0.1) is 16.7 Å². The second kappa shape index (κ2) is 10.7. The van der Waals surface area contributed by atoms with Crippen LogP contribution in [-0.4, -0.2) is 59.5 Å². The molecule has 1 saturated carbocycles. The Bertz CT molecular complexity index is 778. The van der Waals surface area contributed by atoms with E-state index in [9.17, 15) is 24.0 Å². The second-order valence-electron chi connectivity index (χ2n) is 10.7. The van der Waals surface area contributed by atoms with Crippen molar-refractivity contribution >= 4 is 29.7 Å². The normalized spacial score (nSPS) is 23.5. The molecule has 0 aromatic rings. The largest absolute Gasteiger partial charge is 0.466 e. The highest BCUT2D eigenvalue weighted by molar-refractivity contribution is 6.02. The van der Waals surface area contributed by atoms with Gasteiger partial charge in [0.25, 0.3) is 0 Å². The fourth-order valence-corrected chi connectivity index (χ4v) is 3.81. The molecule has 2 fully saturated rings. The second-order valence-corrected chi connectivity index (χ2v) is 10.7. The van der Waals surface area contributed by atoms with Gasteiger partial charge in [0.2, 0.25) is 5.91 Å². The first kappa shape index (κ1) is 28.6. The molecule has 0 aromatic heterocycles. The summed E-state index contributed by atoms with van der Waals surface area (Å²) in [5, 5.41) is 0. The smallest absolute Gasteiger partial charge is 0.417 e. The molecule has 0 aromatic carbocycles. The highest BCUT2D eigenvalue weighted by atomic mass is 16.6. The molecule has 1 aliphatic heterocycles. The molecule has 2 atom stereocenters. The maximum Gasteiger partial charge on any atom is 0.417 e. The van der Waals surface area contributed by atoms with E-state index in [4.69, 9.17) is 14.2 Å². The number of likely N-dealkylation sites (tertiary alicyclic amines) is 1. The van der Waals surface area contributed by atoms with Crippen molar-refractivity contribution in [2.24, 2.45) is 16.7 Å². The van der Waals surface area contributed by atoms with Gasteiger partial charge >= 0.3 is 18.0 Å². The number of rotatable bonds is 4. The molecule has 9 nitrogen and oxygen atoms in total. The number of hydrogen-bond donors (Lipinski definition) is 0. The van der Waals surface area contributed by atoms with E-state index in [1.54, 1.807) is 48.5 Å². The third-order valence-corrected chi connectivity index (χ3v) is 5.53. The summed E-state index contributed by atoms with van der Waals surface area (Å²) in [6.45, 7) is 16.3. The van der Waals surface area contributed by atoms with E-state index < -0.39 is 35.0 Å². The molecule has 9 heteroatoms. The predicted octanol–water partition coefficient (Wildman–Crippen LogP) is 3.67. The van der Waals surface area contributed by atoms with Gasteiger partial charge in [0.05, 0.1) is 19.1 Å². The number of carbonyl (C=O) groups is 5. The number of hydrogen-bond acceptors (Lipinski definition) is 8. The molecule has 1 heterocycles. The zero-order valence-corrected chi connectivity index (χ0v) is 21.4. The molecule has 0 N–H and O–H groups in total. The van der Waals surface area contributed by atoms with E-state index in [0.29, 0.717) is 19.4 Å². The molecule has 33 heavy (non-hydrogen) atoms. The molecule has 0 spiro atoms.